The molecule has 0 spiro atoms. The normalized spacial score (nSPS) is 21.2. The lowest BCUT2D eigenvalue weighted by atomic mass is 9.90. The first kappa shape index (κ1) is 22.3. The third kappa shape index (κ3) is 3.88. The van der Waals surface area contributed by atoms with Gasteiger partial charge in [-0.05, 0) is 44.4 Å². The second-order valence-electron chi connectivity index (χ2n) is 8.72. The summed E-state index contributed by atoms with van der Waals surface area (Å²) in [5, 5.41) is 7.87. The maximum atomic E-state index is 13.7. The fourth-order valence-electron chi connectivity index (χ4n) is 4.57. The van der Waals surface area contributed by atoms with E-state index in [2.05, 4.69) is 10.4 Å². The van der Waals surface area contributed by atoms with Gasteiger partial charge < -0.3 is 10.1 Å². The zero-order chi connectivity index (χ0) is 23.0. The number of amides is 2. The SMILES string of the molecule is COC(=O)c1cc2n(n1)CC(C)(C(=O)NC1CCCCC1)N(c1cc(Cl)ccc1C)C2=O. The molecule has 1 unspecified atom stereocenters. The van der Waals surface area contributed by atoms with Crippen molar-refractivity contribution in [1.29, 1.82) is 0 Å². The van der Waals surface area contributed by atoms with E-state index >= 15 is 0 Å². The van der Waals surface area contributed by atoms with E-state index in [1.165, 1.54) is 29.2 Å². The Morgan fingerprint density at radius 3 is 2.62 bits per heavy atom. The number of methoxy groups -OCH3 is 1. The standard InChI is InChI=1S/C23H27ClN4O4/c1-14-9-10-15(24)11-18(14)28-20(29)19-12-17(21(30)32-3)26-27(19)13-23(28,2)22(31)25-16-7-5-4-6-8-16/h9-12,16H,4-8,13H2,1-3H3,(H,25,31). The van der Waals surface area contributed by atoms with Gasteiger partial charge in [-0.15, -0.1) is 0 Å². The molecule has 0 saturated heterocycles. The van der Waals surface area contributed by atoms with E-state index in [4.69, 9.17) is 16.3 Å². The number of aryl methyl sites for hydroxylation is 1. The second kappa shape index (κ2) is 8.58. The smallest absolute Gasteiger partial charge is 0.358 e. The van der Waals surface area contributed by atoms with Crippen LogP contribution < -0.4 is 10.2 Å². The molecule has 2 aromatic rings. The minimum Gasteiger partial charge on any atom is -0.464 e. The molecule has 0 radical (unpaired) electrons. The predicted molar refractivity (Wildman–Crippen MR) is 120 cm³/mol. The molecule has 1 aliphatic carbocycles. The van der Waals surface area contributed by atoms with Crippen molar-refractivity contribution >= 4 is 35.1 Å². The highest BCUT2D eigenvalue weighted by molar-refractivity contribution is 6.31. The van der Waals surface area contributed by atoms with Crippen LogP contribution in [0.1, 0.15) is 65.6 Å². The molecular weight excluding hydrogens is 432 g/mol. The van der Waals surface area contributed by atoms with E-state index in [9.17, 15) is 14.4 Å². The summed E-state index contributed by atoms with van der Waals surface area (Å²) in [5.74, 6) is -1.32. The fourth-order valence-corrected chi connectivity index (χ4v) is 4.74. The van der Waals surface area contributed by atoms with E-state index in [0.717, 1.165) is 31.2 Å². The number of carbonyl (C=O) groups is 3. The molecule has 1 aromatic heterocycles. The topological polar surface area (TPSA) is 93.5 Å². The minimum atomic E-state index is -1.27. The van der Waals surface area contributed by atoms with E-state index in [-0.39, 0.29) is 29.9 Å². The van der Waals surface area contributed by atoms with Gasteiger partial charge in [-0.3, -0.25) is 19.2 Å². The minimum absolute atomic E-state index is 0.0237. The molecule has 2 amide bonds. The van der Waals surface area contributed by atoms with Gasteiger partial charge in [0.25, 0.3) is 5.91 Å². The number of carbonyl (C=O) groups excluding carboxylic acids is 3. The highest BCUT2D eigenvalue weighted by Gasteiger charge is 2.50. The van der Waals surface area contributed by atoms with Gasteiger partial charge >= 0.3 is 5.97 Å². The second-order valence-corrected chi connectivity index (χ2v) is 9.15. The van der Waals surface area contributed by atoms with Gasteiger partial charge in [-0.2, -0.15) is 5.10 Å². The van der Waals surface area contributed by atoms with Crippen molar-refractivity contribution in [3.8, 4) is 0 Å². The van der Waals surface area contributed by atoms with Crippen molar-refractivity contribution in [3.63, 3.8) is 0 Å². The Kier molecular flexibility index (Phi) is 5.99. The maximum Gasteiger partial charge on any atom is 0.358 e. The van der Waals surface area contributed by atoms with Crippen LogP contribution in [-0.4, -0.2) is 46.3 Å². The van der Waals surface area contributed by atoms with Crippen LogP contribution in [0.2, 0.25) is 5.02 Å². The first-order valence-corrected chi connectivity index (χ1v) is 11.2. The number of halogens is 1. The van der Waals surface area contributed by atoms with Crippen LogP contribution in [0.3, 0.4) is 0 Å². The first-order valence-electron chi connectivity index (χ1n) is 10.8. The Morgan fingerprint density at radius 2 is 1.94 bits per heavy atom. The van der Waals surface area contributed by atoms with Crippen LogP contribution >= 0.6 is 11.6 Å². The number of aromatic nitrogens is 2. The number of hydrogen-bond donors (Lipinski definition) is 1. The number of fused-ring (bicyclic) bond motifs is 1. The molecule has 8 nitrogen and oxygen atoms in total. The molecule has 1 aromatic carbocycles. The number of nitrogens with zero attached hydrogens (tertiary/aromatic N) is 3. The van der Waals surface area contributed by atoms with Crippen molar-refractivity contribution in [2.45, 2.75) is 64.1 Å². The lowest BCUT2D eigenvalue weighted by Crippen LogP contribution is -2.65. The molecule has 2 heterocycles. The van der Waals surface area contributed by atoms with Crippen molar-refractivity contribution in [1.82, 2.24) is 15.1 Å². The average Bonchev–Trinajstić information content (AvgIpc) is 3.20. The van der Waals surface area contributed by atoms with Gasteiger partial charge in [0.1, 0.15) is 11.2 Å². The molecule has 4 rings (SSSR count). The molecular formula is C23H27ClN4O4. The molecule has 1 fully saturated rings. The van der Waals surface area contributed by atoms with Gasteiger partial charge in [0.05, 0.1) is 13.7 Å². The quantitative estimate of drug-likeness (QED) is 0.708. The van der Waals surface area contributed by atoms with Gasteiger partial charge in [-0.25, -0.2) is 4.79 Å². The predicted octanol–water partition coefficient (Wildman–Crippen LogP) is 3.50. The lowest BCUT2D eigenvalue weighted by Gasteiger charge is -2.44. The Bertz CT molecular complexity index is 1080. The van der Waals surface area contributed by atoms with Crippen LogP contribution in [0, 0.1) is 6.92 Å². The molecule has 1 N–H and O–H groups in total. The van der Waals surface area contributed by atoms with Crippen molar-refractivity contribution < 1.29 is 19.1 Å². The molecule has 32 heavy (non-hydrogen) atoms. The van der Waals surface area contributed by atoms with Crippen LogP contribution in [0.25, 0.3) is 0 Å². The van der Waals surface area contributed by atoms with Crippen LogP contribution in [0.15, 0.2) is 24.3 Å². The maximum absolute atomic E-state index is 13.7. The number of benzene rings is 1. The monoisotopic (exact) mass is 458 g/mol. The number of hydrogen-bond acceptors (Lipinski definition) is 5. The van der Waals surface area contributed by atoms with E-state index in [1.54, 1.807) is 19.1 Å². The Balaban J connectivity index is 1.80. The summed E-state index contributed by atoms with van der Waals surface area (Å²) in [6.45, 7) is 3.69. The summed E-state index contributed by atoms with van der Waals surface area (Å²) in [4.78, 5) is 40.9. The van der Waals surface area contributed by atoms with E-state index in [1.807, 2.05) is 13.0 Å². The van der Waals surface area contributed by atoms with Gasteiger partial charge in [0.2, 0.25) is 5.91 Å². The first-order chi connectivity index (χ1) is 15.2. The Hall–Kier alpha value is -2.87. The van der Waals surface area contributed by atoms with Crippen molar-refractivity contribution in [3.05, 3.63) is 46.2 Å². The summed E-state index contributed by atoms with van der Waals surface area (Å²) < 4.78 is 6.18. The summed E-state index contributed by atoms with van der Waals surface area (Å²) in [7, 11) is 1.26. The summed E-state index contributed by atoms with van der Waals surface area (Å²) in [6.07, 6.45) is 5.16. The zero-order valence-electron chi connectivity index (χ0n) is 18.5. The molecule has 1 aliphatic heterocycles. The Labute approximate surface area is 191 Å². The fraction of sp³-hybridized carbons (Fsp3) is 0.478. The third-order valence-electron chi connectivity index (χ3n) is 6.39. The molecule has 0 bridgehead atoms. The number of anilines is 1. The number of ether oxygens (including phenoxy) is 1. The zero-order valence-corrected chi connectivity index (χ0v) is 19.2. The molecule has 1 atom stereocenters. The van der Waals surface area contributed by atoms with Crippen LogP contribution in [0.5, 0.6) is 0 Å². The summed E-state index contributed by atoms with van der Waals surface area (Å²) in [6, 6.07) is 6.73. The van der Waals surface area contributed by atoms with Crippen molar-refractivity contribution in [2.75, 3.05) is 12.0 Å². The van der Waals surface area contributed by atoms with Crippen molar-refractivity contribution in [2.24, 2.45) is 0 Å². The molecule has 9 heteroatoms. The largest absolute Gasteiger partial charge is 0.464 e. The number of nitrogens with one attached hydrogen (secondary N) is 1. The van der Waals surface area contributed by atoms with Crippen LogP contribution in [-0.2, 0) is 16.1 Å². The van der Waals surface area contributed by atoms with Gasteiger partial charge in [-0.1, -0.05) is 36.9 Å². The summed E-state index contributed by atoms with van der Waals surface area (Å²) in [5.41, 5.74) is 0.329. The number of rotatable bonds is 4. The number of esters is 1. The summed E-state index contributed by atoms with van der Waals surface area (Å²) >= 11 is 6.26. The highest BCUT2D eigenvalue weighted by Crippen LogP contribution is 2.36. The van der Waals surface area contributed by atoms with Gasteiger partial charge in [0, 0.05) is 22.8 Å². The average molecular weight is 459 g/mol. The molecule has 170 valence electrons. The Morgan fingerprint density at radius 1 is 1.22 bits per heavy atom. The van der Waals surface area contributed by atoms with E-state index < -0.39 is 17.4 Å². The molecule has 1 saturated carbocycles. The lowest BCUT2D eigenvalue weighted by molar-refractivity contribution is -0.127. The molecule has 2 aliphatic rings. The van der Waals surface area contributed by atoms with Crippen LogP contribution in [0.4, 0.5) is 5.69 Å². The highest BCUT2D eigenvalue weighted by atomic mass is 35.5. The van der Waals surface area contributed by atoms with Gasteiger partial charge in [0.15, 0.2) is 5.69 Å². The van der Waals surface area contributed by atoms with E-state index in [0.29, 0.717) is 10.7 Å². The third-order valence-corrected chi connectivity index (χ3v) is 6.62.